The molecule has 5 rings (SSSR count). The molecule has 0 aliphatic rings. The molecule has 0 unspecified atom stereocenters. The molecule has 2 aromatic heterocycles. The second-order valence-corrected chi connectivity index (χ2v) is 7.65. The summed E-state index contributed by atoms with van der Waals surface area (Å²) in [5.74, 6) is 0.716. The van der Waals surface area contributed by atoms with E-state index in [9.17, 15) is 9.18 Å². The van der Waals surface area contributed by atoms with Crippen molar-refractivity contribution in [2.45, 2.75) is 0 Å². The minimum absolute atomic E-state index is 0.252. The Morgan fingerprint density at radius 2 is 1.66 bits per heavy atom. The van der Waals surface area contributed by atoms with Gasteiger partial charge in [-0.15, -0.1) is 0 Å². The van der Waals surface area contributed by atoms with Gasteiger partial charge in [-0.3, -0.25) is 9.78 Å². The van der Waals surface area contributed by atoms with Crippen LogP contribution in [0, 0.1) is 5.82 Å². The molecule has 172 valence electrons. The smallest absolute Gasteiger partial charge is 0.255 e. The molecule has 3 aromatic carbocycles. The summed E-state index contributed by atoms with van der Waals surface area (Å²) in [5.41, 5.74) is 2.71. The fraction of sp³-hybridized carbons (Fsp3) is 0.0370. The number of nitrogens with zero attached hydrogens (tertiary/aromatic N) is 3. The van der Waals surface area contributed by atoms with Gasteiger partial charge in [0.2, 0.25) is 0 Å². The number of anilines is 3. The van der Waals surface area contributed by atoms with E-state index >= 15 is 0 Å². The molecule has 0 atom stereocenters. The molecule has 35 heavy (non-hydrogen) atoms. The van der Waals surface area contributed by atoms with Crippen molar-refractivity contribution in [1.29, 1.82) is 0 Å². The van der Waals surface area contributed by atoms with E-state index in [1.165, 1.54) is 6.07 Å². The number of hydrogen-bond acceptors (Lipinski definition) is 6. The van der Waals surface area contributed by atoms with Gasteiger partial charge in [0.25, 0.3) is 5.91 Å². The zero-order chi connectivity index (χ0) is 24.2. The first-order valence-corrected chi connectivity index (χ1v) is 10.8. The zero-order valence-electron chi connectivity index (χ0n) is 18.7. The van der Waals surface area contributed by atoms with Gasteiger partial charge in [-0.2, -0.15) is 0 Å². The summed E-state index contributed by atoms with van der Waals surface area (Å²) in [5, 5.41) is 6.82. The number of rotatable bonds is 6. The number of halogens is 1. The zero-order valence-corrected chi connectivity index (χ0v) is 18.7. The standard InChI is InChI=1S/C27H20FN5O2/c1-35-20-9-6-17(7-10-20)27(34)31-19-8-11-24-22(16-19)26(30-18-12-14-29-15-13-18)33-25(32-24)21-4-2-3-5-23(21)28/h2-16H,1H3,(H,31,34)(H,29,30,32,33). The first kappa shape index (κ1) is 22.0. The average Bonchev–Trinajstić information content (AvgIpc) is 2.89. The number of pyridine rings is 1. The van der Waals surface area contributed by atoms with Crippen LogP contribution in [0.3, 0.4) is 0 Å². The monoisotopic (exact) mass is 465 g/mol. The van der Waals surface area contributed by atoms with Gasteiger partial charge < -0.3 is 15.4 Å². The molecule has 0 radical (unpaired) electrons. The molecule has 0 bridgehead atoms. The maximum atomic E-state index is 14.5. The first-order chi connectivity index (χ1) is 17.1. The highest BCUT2D eigenvalue weighted by Crippen LogP contribution is 2.30. The number of carbonyl (C=O) groups is 1. The van der Waals surface area contributed by atoms with Crippen molar-refractivity contribution in [3.63, 3.8) is 0 Å². The van der Waals surface area contributed by atoms with Crippen LogP contribution in [-0.2, 0) is 0 Å². The molecular formula is C27H20FN5O2. The third-order valence-electron chi connectivity index (χ3n) is 5.36. The topological polar surface area (TPSA) is 89.0 Å². The number of methoxy groups -OCH3 is 1. The van der Waals surface area contributed by atoms with Crippen LogP contribution >= 0.6 is 0 Å². The van der Waals surface area contributed by atoms with E-state index in [1.807, 2.05) is 0 Å². The van der Waals surface area contributed by atoms with E-state index in [1.54, 1.807) is 92.3 Å². The maximum absolute atomic E-state index is 14.5. The molecule has 0 fully saturated rings. The highest BCUT2D eigenvalue weighted by atomic mass is 19.1. The van der Waals surface area contributed by atoms with Gasteiger partial charge in [-0.1, -0.05) is 12.1 Å². The average molecular weight is 465 g/mol. The third-order valence-corrected chi connectivity index (χ3v) is 5.36. The molecule has 0 saturated heterocycles. The second-order valence-electron chi connectivity index (χ2n) is 7.65. The van der Waals surface area contributed by atoms with Crippen molar-refractivity contribution in [2.24, 2.45) is 0 Å². The first-order valence-electron chi connectivity index (χ1n) is 10.8. The van der Waals surface area contributed by atoms with Crippen LogP contribution in [0.4, 0.5) is 21.6 Å². The van der Waals surface area contributed by atoms with E-state index in [-0.39, 0.29) is 11.7 Å². The van der Waals surface area contributed by atoms with Crippen LogP contribution in [0.5, 0.6) is 5.75 Å². The molecule has 1 amide bonds. The number of ether oxygens (including phenoxy) is 1. The Morgan fingerprint density at radius 3 is 2.40 bits per heavy atom. The van der Waals surface area contributed by atoms with Crippen molar-refractivity contribution in [3.8, 4) is 17.1 Å². The van der Waals surface area contributed by atoms with Crippen LogP contribution in [0.25, 0.3) is 22.3 Å². The molecule has 0 spiro atoms. The Kier molecular flexibility index (Phi) is 6.00. The van der Waals surface area contributed by atoms with E-state index in [0.29, 0.717) is 39.3 Å². The molecule has 8 heteroatoms. The summed E-state index contributed by atoms with van der Waals surface area (Å²) in [7, 11) is 1.57. The Hall–Kier alpha value is -4.85. The lowest BCUT2D eigenvalue weighted by molar-refractivity contribution is 0.102. The van der Waals surface area contributed by atoms with Crippen LogP contribution in [0.15, 0.2) is 91.3 Å². The fourth-order valence-corrected chi connectivity index (χ4v) is 3.58. The van der Waals surface area contributed by atoms with Crippen LogP contribution < -0.4 is 15.4 Å². The summed E-state index contributed by atoms with van der Waals surface area (Å²) in [6.07, 6.45) is 3.31. The Labute approximate surface area is 200 Å². The van der Waals surface area contributed by atoms with Gasteiger partial charge in [0.05, 0.1) is 18.2 Å². The number of benzene rings is 3. The van der Waals surface area contributed by atoms with Crippen molar-refractivity contribution >= 4 is 34.0 Å². The molecule has 0 aliphatic heterocycles. The lowest BCUT2D eigenvalue weighted by Gasteiger charge is -2.13. The predicted octanol–water partition coefficient (Wildman–Crippen LogP) is 5.84. The van der Waals surface area contributed by atoms with Crippen LogP contribution in [-0.4, -0.2) is 28.0 Å². The number of nitrogens with one attached hydrogen (secondary N) is 2. The Balaban J connectivity index is 1.54. The second kappa shape index (κ2) is 9.56. The number of carbonyl (C=O) groups excluding carboxylic acids is 1. The predicted molar refractivity (Wildman–Crippen MR) is 133 cm³/mol. The van der Waals surface area contributed by atoms with E-state index in [2.05, 4.69) is 25.6 Å². The maximum Gasteiger partial charge on any atom is 0.255 e. The van der Waals surface area contributed by atoms with E-state index in [4.69, 9.17) is 4.74 Å². The molecule has 0 aliphatic carbocycles. The highest BCUT2D eigenvalue weighted by molar-refractivity contribution is 6.06. The summed E-state index contributed by atoms with van der Waals surface area (Å²) in [6.45, 7) is 0. The summed E-state index contributed by atoms with van der Waals surface area (Å²) in [4.78, 5) is 26.0. The van der Waals surface area contributed by atoms with E-state index in [0.717, 1.165) is 5.69 Å². The quantitative estimate of drug-likeness (QED) is 0.328. The van der Waals surface area contributed by atoms with Crippen LogP contribution in [0.2, 0.25) is 0 Å². The summed E-state index contributed by atoms with van der Waals surface area (Å²) >= 11 is 0. The van der Waals surface area contributed by atoms with E-state index < -0.39 is 5.82 Å². The van der Waals surface area contributed by atoms with Gasteiger partial charge >= 0.3 is 0 Å². The van der Waals surface area contributed by atoms with Crippen molar-refractivity contribution < 1.29 is 13.9 Å². The number of fused-ring (bicyclic) bond motifs is 1. The van der Waals surface area contributed by atoms with Gasteiger partial charge in [-0.05, 0) is 66.7 Å². The molecule has 0 saturated carbocycles. The Morgan fingerprint density at radius 1 is 0.886 bits per heavy atom. The number of hydrogen-bond donors (Lipinski definition) is 2. The largest absolute Gasteiger partial charge is 0.497 e. The summed E-state index contributed by atoms with van der Waals surface area (Å²) in [6, 6.07) is 22.1. The molecule has 7 nitrogen and oxygen atoms in total. The van der Waals surface area contributed by atoms with Gasteiger partial charge in [-0.25, -0.2) is 14.4 Å². The molecular weight excluding hydrogens is 445 g/mol. The van der Waals surface area contributed by atoms with Crippen molar-refractivity contribution in [1.82, 2.24) is 15.0 Å². The SMILES string of the molecule is COc1ccc(C(=O)Nc2ccc3nc(-c4ccccc4F)nc(Nc4ccncc4)c3c2)cc1. The lowest BCUT2D eigenvalue weighted by atomic mass is 10.1. The van der Waals surface area contributed by atoms with Crippen LogP contribution in [0.1, 0.15) is 10.4 Å². The number of aromatic nitrogens is 3. The fourth-order valence-electron chi connectivity index (χ4n) is 3.58. The Bertz CT molecular complexity index is 1510. The van der Waals surface area contributed by atoms with Gasteiger partial charge in [0.1, 0.15) is 17.4 Å². The van der Waals surface area contributed by atoms with Gasteiger partial charge in [0.15, 0.2) is 5.82 Å². The van der Waals surface area contributed by atoms with Crippen molar-refractivity contribution in [2.75, 3.05) is 17.7 Å². The molecule has 5 aromatic rings. The lowest BCUT2D eigenvalue weighted by Crippen LogP contribution is -2.12. The number of amides is 1. The summed E-state index contributed by atoms with van der Waals surface area (Å²) < 4.78 is 19.6. The molecule has 2 heterocycles. The third kappa shape index (κ3) is 4.77. The van der Waals surface area contributed by atoms with Crippen molar-refractivity contribution in [3.05, 3.63) is 103 Å². The normalized spacial score (nSPS) is 10.7. The molecule has 2 N–H and O–H groups in total. The minimum atomic E-state index is -0.412. The van der Waals surface area contributed by atoms with Gasteiger partial charge in [0, 0.05) is 34.7 Å². The highest BCUT2D eigenvalue weighted by Gasteiger charge is 2.14. The minimum Gasteiger partial charge on any atom is -0.497 e.